The summed E-state index contributed by atoms with van der Waals surface area (Å²) >= 11 is 0. The van der Waals surface area contributed by atoms with Gasteiger partial charge in [0.2, 0.25) is 16.6 Å². The van der Waals surface area contributed by atoms with Gasteiger partial charge in [0, 0.05) is 6.07 Å². The molecule has 3 nitrogen and oxygen atoms in total. The van der Waals surface area contributed by atoms with E-state index in [9.17, 15) is 5.11 Å². The molecule has 0 aliphatic heterocycles. The molecule has 0 bridgehead atoms. The van der Waals surface area contributed by atoms with E-state index in [1.807, 2.05) is 6.07 Å². The summed E-state index contributed by atoms with van der Waals surface area (Å²) in [5.74, 6) is 1.70. The minimum absolute atomic E-state index is 0.117. The molecule has 0 amide bonds. The summed E-state index contributed by atoms with van der Waals surface area (Å²) in [7, 11) is -3.93. The zero-order valence-corrected chi connectivity index (χ0v) is 21.8. The molecular formula is C23H42O3Si2. The van der Waals surface area contributed by atoms with E-state index in [2.05, 4.69) is 86.4 Å². The SMILES string of the molecule is C=CC[C@@H](O)Cc1cc(O[Si](C)(C)C(C)(C)C)cc(O[Si](C)(C)C(C)(C)C)c1. The molecule has 1 N–H and O–H groups in total. The maximum Gasteiger partial charge on any atom is 0.250 e. The second-order valence-electron chi connectivity index (χ2n) is 10.9. The number of aliphatic hydroxyl groups is 1. The molecule has 28 heavy (non-hydrogen) atoms. The van der Waals surface area contributed by atoms with Crippen LogP contribution in [0, 0.1) is 0 Å². The van der Waals surface area contributed by atoms with Crippen molar-refractivity contribution in [3.05, 3.63) is 36.4 Å². The molecule has 1 aromatic rings. The molecule has 0 unspecified atom stereocenters. The Hall–Kier alpha value is -1.05. The van der Waals surface area contributed by atoms with Crippen LogP contribution in [0.4, 0.5) is 0 Å². The minimum atomic E-state index is -1.96. The van der Waals surface area contributed by atoms with Crippen LogP contribution < -0.4 is 8.85 Å². The second kappa shape index (κ2) is 8.76. The van der Waals surface area contributed by atoms with Crippen molar-refractivity contribution in [2.45, 2.75) is 96.8 Å². The van der Waals surface area contributed by atoms with E-state index >= 15 is 0 Å². The Morgan fingerprint density at radius 1 is 0.893 bits per heavy atom. The van der Waals surface area contributed by atoms with E-state index in [4.69, 9.17) is 8.85 Å². The van der Waals surface area contributed by atoms with Gasteiger partial charge in [-0.15, -0.1) is 6.58 Å². The number of benzene rings is 1. The molecule has 160 valence electrons. The van der Waals surface area contributed by atoms with Crippen molar-refractivity contribution in [2.75, 3.05) is 0 Å². The third kappa shape index (κ3) is 6.78. The van der Waals surface area contributed by atoms with Crippen molar-refractivity contribution in [3.63, 3.8) is 0 Å². The Morgan fingerprint density at radius 2 is 1.29 bits per heavy atom. The van der Waals surface area contributed by atoms with Gasteiger partial charge < -0.3 is 14.0 Å². The topological polar surface area (TPSA) is 38.7 Å². The molecule has 1 aromatic carbocycles. The summed E-state index contributed by atoms with van der Waals surface area (Å²) in [6, 6.07) is 6.15. The Bertz CT molecular complexity index is 621. The average Bonchev–Trinajstić information content (AvgIpc) is 2.43. The molecule has 1 atom stereocenters. The number of rotatable bonds is 8. The minimum Gasteiger partial charge on any atom is -0.543 e. The van der Waals surface area contributed by atoms with E-state index in [1.54, 1.807) is 6.08 Å². The van der Waals surface area contributed by atoms with Crippen molar-refractivity contribution in [1.82, 2.24) is 0 Å². The first-order chi connectivity index (χ1) is 12.5. The van der Waals surface area contributed by atoms with E-state index in [1.165, 1.54) is 0 Å². The van der Waals surface area contributed by atoms with Crippen LogP contribution in [0.25, 0.3) is 0 Å². The third-order valence-electron chi connectivity index (χ3n) is 6.21. The van der Waals surface area contributed by atoms with Crippen LogP contribution in [-0.2, 0) is 6.42 Å². The molecule has 5 heteroatoms. The summed E-state index contributed by atoms with van der Waals surface area (Å²) in [6.45, 7) is 26.2. The first-order valence-corrected chi connectivity index (χ1v) is 16.1. The first kappa shape index (κ1) is 25.0. The van der Waals surface area contributed by atoms with Crippen molar-refractivity contribution < 1.29 is 14.0 Å². The highest BCUT2D eigenvalue weighted by molar-refractivity contribution is 6.75. The maximum atomic E-state index is 10.3. The van der Waals surface area contributed by atoms with Gasteiger partial charge in [-0.3, -0.25) is 0 Å². The summed E-state index contributed by atoms with van der Waals surface area (Å²) in [5, 5.41) is 10.5. The highest BCUT2D eigenvalue weighted by atomic mass is 28.4. The van der Waals surface area contributed by atoms with Gasteiger partial charge in [0.1, 0.15) is 11.5 Å². The third-order valence-corrected chi connectivity index (χ3v) is 14.9. The molecule has 0 saturated heterocycles. The molecule has 1 rings (SSSR count). The van der Waals surface area contributed by atoms with Gasteiger partial charge in [-0.05, 0) is 66.8 Å². The van der Waals surface area contributed by atoms with E-state index in [0.29, 0.717) is 12.8 Å². The molecule has 0 spiro atoms. The van der Waals surface area contributed by atoms with Crippen LogP contribution >= 0.6 is 0 Å². The van der Waals surface area contributed by atoms with Gasteiger partial charge in [-0.2, -0.15) is 0 Å². The lowest BCUT2D eigenvalue weighted by molar-refractivity contribution is 0.178. The van der Waals surface area contributed by atoms with Crippen LogP contribution in [0.1, 0.15) is 53.5 Å². The van der Waals surface area contributed by atoms with Crippen molar-refractivity contribution in [1.29, 1.82) is 0 Å². The fraction of sp³-hybridized carbons (Fsp3) is 0.652. The molecule has 0 aliphatic rings. The number of hydrogen-bond donors (Lipinski definition) is 1. The van der Waals surface area contributed by atoms with Crippen LogP contribution in [0.3, 0.4) is 0 Å². The zero-order valence-electron chi connectivity index (χ0n) is 19.8. The van der Waals surface area contributed by atoms with Gasteiger partial charge in [-0.25, -0.2) is 0 Å². The fourth-order valence-electron chi connectivity index (χ4n) is 2.31. The van der Waals surface area contributed by atoms with Gasteiger partial charge in [-0.1, -0.05) is 47.6 Å². The maximum absolute atomic E-state index is 10.3. The largest absolute Gasteiger partial charge is 0.543 e. The molecule has 0 radical (unpaired) electrons. The number of aliphatic hydroxyl groups excluding tert-OH is 1. The predicted molar refractivity (Wildman–Crippen MR) is 127 cm³/mol. The fourth-order valence-corrected chi connectivity index (χ4v) is 4.34. The average molecular weight is 423 g/mol. The summed E-state index contributed by atoms with van der Waals surface area (Å²) in [5.41, 5.74) is 1.04. The lowest BCUT2D eigenvalue weighted by atomic mass is 10.1. The second-order valence-corrected chi connectivity index (χ2v) is 20.4. The molecule has 0 fully saturated rings. The van der Waals surface area contributed by atoms with Gasteiger partial charge in [0.15, 0.2) is 0 Å². The van der Waals surface area contributed by atoms with Crippen LogP contribution in [0.2, 0.25) is 36.3 Å². The van der Waals surface area contributed by atoms with E-state index in [0.717, 1.165) is 17.1 Å². The van der Waals surface area contributed by atoms with E-state index < -0.39 is 22.7 Å². The van der Waals surface area contributed by atoms with Gasteiger partial charge in [0.05, 0.1) is 6.10 Å². The van der Waals surface area contributed by atoms with Gasteiger partial charge in [0.25, 0.3) is 0 Å². The quantitative estimate of drug-likeness (QED) is 0.364. The molecule has 0 heterocycles. The van der Waals surface area contributed by atoms with Gasteiger partial charge >= 0.3 is 0 Å². The van der Waals surface area contributed by atoms with Crippen molar-refractivity contribution in [3.8, 4) is 11.5 Å². The molecule has 0 aromatic heterocycles. The Balaban J connectivity index is 3.30. The molecule has 0 aliphatic carbocycles. The summed E-state index contributed by atoms with van der Waals surface area (Å²) in [4.78, 5) is 0. The highest BCUT2D eigenvalue weighted by Crippen LogP contribution is 2.41. The van der Waals surface area contributed by atoms with Crippen molar-refractivity contribution in [2.24, 2.45) is 0 Å². The Kier molecular flexibility index (Phi) is 7.82. The van der Waals surface area contributed by atoms with Crippen molar-refractivity contribution >= 4 is 16.6 Å². The first-order valence-electron chi connectivity index (χ1n) is 10.3. The lowest BCUT2D eigenvalue weighted by Gasteiger charge is -2.38. The molecule has 0 saturated carbocycles. The zero-order chi connectivity index (χ0) is 22.0. The van der Waals surface area contributed by atoms with Crippen LogP contribution in [-0.4, -0.2) is 27.8 Å². The normalized spacial score (nSPS) is 14.5. The standard InChI is InChI=1S/C23H42O3Si2/c1-12-13-19(24)14-18-15-20(25-27(8,9)22(2,3)4)17-21(16-18)26-28(10,11)23(5,6)7/h12,15-17,19,24H,1,13-14H2,2-11H3/t19-/m1/s1. The lowest BCUT2D eigenvalue weighted by Crippen LogP contribution is -2.44. The number of hydrogen-bond acceptors (Lipinski definition) is 3. The highest BCUT2D eigenvalue weighted by Gasteiger charge is 2.40. The van der Waals surface area contributed by atoms with Crippen LogP contribution in [0.5, 0.6) is 11.5 Å². The Morgan fingerprint density at radius 3 is 1.61 bits per heavy atom. The predicted octanol–water partition coefficient (Wildman–Crippen LogP) is 6.93. The Labute approximate surface area is 175 Å². The smallest absolute Gasteiger partial charge is 0.250 e. The monoisotopic (exact) mass is 422 g/mol. The van der Waals surface area contributed by atoms with E-state index in [-0.39, 0.29) is 10.1 Å². The summed E-state index contributed by atoms with van der Waals surface area (Å²) in [6.07, 6.45) is 2.45. The molecular weight excluding hydrogens is 380 g/mol. The summed E-state index contributed by atoms with van der Waals surface area (Å²) < 4.78 is 13.1. The van der Waals surface area contributed by atoms with Crippen LogP contribution in [0.15, 0.2) is 30.9 Å².